The number of Topliss-reactive ketones (excluding diaryl/α,β-unsaturated/α-hetero) is 1. The van der Waals surface area contributed by atoms with Gasteiger partial charge in [0.25, 0.3) is 5.91 Å². The number of para-hydroxylation sites is 1. The highest BCUT2D eigenvalue weighted by Gasteiger charge is 2.23. The Labute approximate surface area is 183 Å². The summed E-state index contributed by atoms with van der Waals surface area (Å²) < 4.78 is 7.14. The van der Waals surface area contributed by atoms with Crippen molar-refractivity contribution in [1.82, 2.24) is 9.88 Å². The number of aryl methyl sites for hydroxylation is 1. The number of fused-ring (bicyclic) bond motifs is 1. The first-order chi connectivity index (χ1) is 15.1. The van der Waals surface area contributed by atoms with Crippen molar-refractivity contribution >= 4 is 39.9 Å². The number of thiophene rings is 1. The number of carbonyl (C=O) groups excluding carboxylic acids is 3. The number of esters is 1. The van der Waals surface area contributed by atoms with E-state index in [4.69, 9.17) is 4.74 Å². The molecule has 4 aromatic rings. The van der Waals surface area contributed by atoms with Crippen LogP contribution in [0.1, 0.15) is 20.0 Å². The number of amides is 1. The van der Waals surface area contributed by atoms with Crippen LogP contribution in [0.3, 0.4) is 0 Å². The fourth-order valence-corrected chi connectivity index (χ4v) is 4.17. The van der Waals surface area contributed by atoms with Gasteiger partial charge in [-0.15, -0.1) is 11.3 Å². The molecule has 0 aliphatic heterocycles. The van der Waals surface area contributed by atoms with E-state index in [0.717, 1.165) is 22.2 Å². The topological polar surface area (TPSA) is 77.4 Å². The molecule has 2 aromatic carbocycles. The van der Waals surface area contributed by atoms with Gasteiger partial charge >= 0.3 is 5.97 Å². The average Bonchev–Trinajstić information content (AvgIpc) is 3.44. The molecule has 4 rings (SSSR count). The summed E-state index contributed by atoms with van der Waals surface area (Å²) in [5, 5.41) is 5.08. The lowest BCUT2D eigenvalue weighted by Gasteiger charge is -2.09. The highest BCUT2D eigenvalue weighted by molar-refractivity contribution is 7.12. The smallest absolute Gasteiger partial charge is 0.325 e. The van der Waals surface area contributed by atoms with Gasteiger partial charge in [-0.2, -0.15) is 0 Å². The molecule has 1 amide bonds. The second-order valence-electron chi connectivity index (χ2n) is 6.91. The highest BCUT2D eigenvalue weighted by Crippen LogP contribution is 2.33. The molecule has 0 unspecified atom stereocenters. The average molecular weight is 433 g/mol. The SMILES string of the molecule is Cn1c(-c2ccccc2)c(C(=O)COC(=O)CNC(=O)c2cccs2)c2ccccc21. The van der Waals surface area contributed by atoms with E-state index in [0.29, 0.717) is 10.4 Å². The molecule has 0 atom stereocenters. The van der Waals surface area contributed by atoms with Crippen LogP contribution in [0.25, 0.3) is 22.2 Å². The molecular formula is C24H20N2O4S. The van der Waals surface area contributed by atoms with E-state index in [1.807, 2.05) is 66.2 Å². The van der Waals surface area contributed by atoms with Crippen molar-refractivity contribution < 1.29 is 19.1 Å². The third-order valence-corrected chi connectivity index (χ3v) is 5.80. The predicted molar refractivity (Wildman–Crippen MR) is 120 cm³/mol. The van der Waals surface area contributed by atoms with Crippen LogP contribution in [0.15, 0.2) is 72.1 Å². The maximum atomic E-state index is 13.1. The van der Waals surface area contributed by atoms with Crippen molar-refractivity contribution in [2.75, 3.05) is 13.2 Å². The Hall–Kier alpha value is -3.71. The molecule has 0 radical (unpaired) electrons. The van der Waals surface area contributed by atoms with E-state index in [1.165, 1.54) is 11.3 Å². The molecule has 0 fully saturated rings. The largest absolute Gasteiger partial charge is 0.456 e. The van der Waals surface area contributed by atoms with Crippen molar-refractivity contribution in [3.8, 4) is 11.3 Å². The van der Waals surface area contributed by atoms with Gasteiger partial charge in [0, 0.05) is 18.0 Å². The standard InChI is InChI=1S/C24H20N2O4S/c1-26-18-11-6-5-10-17(18)22(23(26)16-8-3-2-4-9-16)19(27)15-30-21(28)14-25-24(29)20-12-7-13-31-20/h2-13H,14-15H2,1H3,(H,25,29). The maximum absolute atomic E-state index is 13.1. The van der Waals surface area contributed by atoms with Crippen LogP contribution in [0, 0.1) is 0 Å². The summed E-state index contributed by atoms with van der Waals surface area (Å²) in [6.45, 7) is -0.702. The zero-order valence-corrected chi connectivity index (χ0v) is 17.6. The number of nitrogens with zero attached hydrogens (tertiary/aromatic N) is 1. The van der Waals surface area contributed by atoms with Crippen molar-refractivity contribution in [2.45, 2.75) is 0 Å². The maximum Gasteiger partial charge on any atom is 0.325 e. The van der Waals surface area contributed by atoms with E-state index in [1.54, 1.807) is 17.5 Å². The van der Waals surface area contributed by atoms with Crippen LogP contribution in [0.4, 0.5) is 0 Å². The van der Waals surface area contributed by atoms with Crippen molar-refractivity contribution in [2.24, 2.45) is 7.05 Å². The summed E-state index contributed by atoms with van der Waals surface area (Å²) in [7, 11) is 1.91. The van der Waals surface area contributed by atoms with Crippen LogP contribution in [0.5, 0.6) is 0 Å². The predicted octanol–water partition coefficient (Wildman–Crippen LogP) is 4.06. The summed E-state index contributed by atoms with van der Waals surface area (Å²) in [6.07, 6.45) is 0. The van der Waals surface area contributed by atoms with Gasteiger partial charge in [-0.05, 0) is 23.1 Å². The first-order valence-corrected chi connectivity index (χ1v) is 10.6. The highest BCUT2D eigenvalue weighted by atomic mass is 32.1. The molecule has 0 aliphatic carbocycles. The first kappa shape index (κ1) is 20.6. The summed E-state index contributed by atoms with van der Waals surface area (Å²) in [5.41, 5.74) is 3.10. The molecule has 31 heavy (non-hydrogen) atoms. The van der Waals surface area contributed by atoms with Gasteiger partial charge in [0.05, 0.1) is 16.1 Å². The normalized spacial score (nSPS) is 10.7. The number of nitrogens with one attached hydrogen (secondary N) is 1. The molecule has 6 nitrogen and oxygen atoms in total. The van der Waals surface area contributed by atoms with E-state index in [9.17, 15) is 14.4 Å². The van der Waals surface area contributed by atoms with Crippen LogP contribution >= 0.6 is 11.3 Å². The van der Waals surface area contributed by atoms with E-state index in [2.05, 4.69) is 5.32 Å². The van der Waals surface area contributed by atoms with E-state index >= 15 is 0 Å². The van der Waals surface area contributed by atoms with Crippen LogP contribution in [-0.2, 0) is 16.6 Å². The second-order valence-corrected chi connectivity index (χ2v) is 7.86. The minimum Gasteiger partial charge on any atom is -0.456 e. The van der Waals surface area contributed by atoms with Gasteiger partial charge in [-0.25, -0.2) is 0 Å². The zero-order chi connectivity index (χ0) is 21.8. The Morgan fingerprint density at radius 1 is 0.968 bits per heavy atom. The lowest BCUT2D eigenvalue weighted by atomic mass is 10.0. The Morgan fingerprint density at radius 2 is 1.71 bits per heavy atom. The number of aromatic nitrogens is 1. The molecular weight excluding hydrogens is 412 g/mol. The molecule has 0 aliphatic rings. The molecule has 0 spiro atoms. The third kappa shape index (κ3) is 4.27. The number of hydrogen-bond acceptors (Lipinski definition) is 5. The van der Waals surface area contributed by atoms with Crippen molar-refractivity contribution in [1.29, 1.82) is 0 Å². The molecule has 0 bridgehead atoms. The van der Waals surface area contributed by atoms with Crippen LogP contribution in [-0.4, -0.2) is 35.4 Å². The molecule has 0 saturated heterocycles. The van der Waals surface area contributed by atoms with Gasteiger partial charge in [0.1, 0.15) is 6.54 Å². The quantitative estimate of drug-likeness (QED) is 0.353. The minimum absolute atomic E-state index is 0.298. The van der Waals surface area contributed by atoms with Gasteiger partial charge in [-0.3, -0.25) is 14.4 Å². The Balaban J connectivity index is 1.51. The van der Waals surface area contributed by atoms with Crippen LogP contribution < -0.4 is 5.32 Å². The van der Waals surface area contributed by atoms with Crippen LogP contribution in [0.2, 0.25) is 0 Å². The number of benzene rings is 2. The summed E-state index contributed by atoms with van der Waals surface area (Å²) in [5.74, 6) is -1.31. The fourth-order valence-electron chi connectivity index (χ4n) is 3.53. The Kier molecular flexibility index (Phi) is 5.95. The monoisotopic (exact) mass is 432 g/mol. The Morgan fingerprint density at radius 3 is 2.45 bits per heavy atom. The summed E-state index contributed by atoms with van der Waals surface area (Å²) >= 11 is 1.28. The number of ether oxygens (including phenoxy) is 1. The number of hydrogen-bond donors (Lipinski definition) is 1. The minimum atomic E-state index is -0.667. The number of rotatable bonds is 7. The van der Waals surface area contributed by atoms with Gasteiger partial charge < -0.3 is 14.6 Å². The van der Waals surface area contributed by atoms with Gasteiger partial charge in [-0.1, -0.05) is 54.6 Å². The van der Waals surface area contributed by atoms with Crippen molar-refractivity contribution in [3.05, 3.63) is 82.6 Å². The fraction of sp³-hybridized carbons (Fsp3) is 0.125. The summed E-state index contributed by atoms with van der Waals surface area (Å²) in [4.78, 5) is 37.7. The first-order valence-electron chi connectivity index (χ1n) is 9.69. The second kappa shape index (κ2) is 8.97. The third-order valence-electron chi connectivity index (χ3n) is 4.94. The van der Waals surface area contributed by atoms with E-state index in [-0.39, 0.29) is 18.2 Å². The lowest BCUT2D eigenvalue weighted by molar-refractivity contribution is -0.141. The van der Waals surface area contributed by atoms with Gasteiger partial charge in [0.15, 0.2) is 6.61 Å². The lowest BCUT2D eigenvalue weighted by Crippen LogP contribution is -2.31. The van der Waals surface area contributed by atoms with Crippen molar-refractivity contribution in [3.63, 3.8) is 0 Å². The van der Waals surface area contributed by atoms with E-state index < -0.39 is 12.6 Å². The molecule has 156 valence electrons. The molecule has 1 N–H and O–H groups in total. The number of ketones is 1. The molecule has 2 heterocycles. The number of carbonyl (C=O) groups is 3. The Bertz CT molecular complexity index is 1240. The molecule has 0 saturated carbocycles. The molecule has 2 aromatic heterocycles. The molecule has 7 heteroatoms. The zero-order valence-electron chi connectivity index (χ0n) is 16.8. The summed E-state index contributed by atoms with van der Waals surface area (Å²) in [6, 6.07) is 20.7. The van der Waals surface area contributed by atoms with Gasteiger partial charge in [0.2, 0.25) is 5.78 Å².